The van der Waals surface area contributed by atoms with E-state index in [1.165, 1.54) is 19.3 Å². The summed E-state index contributed by atoms with van der Waals surface area (Å²) in [6, 6.07) is 10.3. The molecule has 18 heavy (non-hydrogen) atoms. The van der Waals surface area contributed by atoms with E-state index in [1.54, 1.807) is 0 Å². The summed E-state index contributed by atoms with van der Waals surface area (Å²) in [6.45, 7) is 4.51. The number of nitrogens with one attached hydrogen (secondary N) is 1. The number of piperidine rings is 1. The SMILES string of the molecule is N#Cc1ccccc1N1CCC2(CCNCC2)C1. The van der Waals surface area contributed by atoms with Crippen LogP contribution in [-0.4, -0.2) is 26.2 Å². The molecule has 1 spiro atoms. The predicted molar refractivity (Wildman–Crippen MR) is 72.5 cm³/mol. The molecule has 0 aliphatic carbocycles. The monoisotopic (exact) mass is 241 g/mol. The van der Waals surface area contributed by atoms with Crippen LogP contribution >= 0.6 is 0 Å². The van der Waals surface area contributed by atoms with Gasteiger partial charge in [0.25, 0.3) is 0 Å². The van der Waals surface area contributed by atoms with E-state index >= 15 is 0 Å². The molecule has 2 saturated heterocycles. The maximum atomic E-state index is 9.19. The third kappa shape index (κ3) is 1.97. The molecule has 2 fully saturated rings. The van der Waals surface area contributed by atoms with Crippen LogP contribution < -0.4 is 10.2 Å². The van der Waals surface area contributed by atoms with Gasteiger partial charge in [0, 0.05) is 13.1 Å². The number of nitriles is 1. The lowest BCUT2D eigenvalue weighted by Gasteiger charge is -2.34. The first-order chi connectivity index (χ1) is 8.83. The van der Waals surface area contributed by atoms with Crippen LogP contribution in [0.2, 0.25) is 0 Å². The first-order valence-electron chi connectivity index (χ1n) is 6.78. The Kier molecular flexibility index (Phi) is 2.97. The van der Waals surface area contributed by atoms with Crippen molar-refractivity contribution >= 4 is 5.69 Å². The topological polar surface area (TPSA) is 39.1 Å². The number of rotatable bonds is 1. The number of anilines is 1. The smallest absolute Gasteiger partial charge is 0.101 e. The number of hydrogen-bond donors (Lipinski definition) is 1. The van der Waals surface area contributed by atoms with Gasteiger partial charge in [-0.15, -0.1) is 0 Å². The normalized spacial score (nSPS) is 22.1. The summed E-state index contributed by atoms with van der Waals surface area (Å²) in [4.78, 5) is 2.41. The Morgan fingerprint density at radius 2 is 1.94 bits per heavy atom. The third-order valence-corrected chi connectivity index (χ3v) is 4.47. The molecule has 1 aromatic carbocycles. The molecule has 0 aromatic heterocycles. The Balaban J connectivity index is 1.81. The second-order valence-electron chi connectivity index (χ2n) is 5.55. The molecule has 2 aliphatic rings. The molecule has 1 N–H and O–H groups in total. The molecule has 94 valence electrons. The highest BCUT2D eigenvalue weighted by atomic mass is 15.2. The molecule has 2 heterocycles. The Hall–Kier alpha value is -1.53. The molecule has 3 nitrogen and oxygen atoms in total. The average Bonchev–Trinajstić information content (AvgIpc) is 2.83. The molecular weight excluding hydrogens is 222 g/mol. The molecule has 0 atom stereocenters. The van der Waals surface area contributed by atoms with E-state index in [-0.39, 0.29) is 0 Å². The summed E-state index contributed by atoms with van der Waals surface area (Å²) >= 11 is 0. The number of hydrogen-bond acceptors (Lipinski definition) is 3. The van der Waals surface area contributed by atoms with Crippen molar-refractivity contribution in [2.45, 2.75) is 19.3 Å². The molecule has 0 bridgehead atoms. The predicted octanol–water partition coefficient (Wildman–Crippen LogP) is 2.14. The maximum absolute atomic E-state index is 9.19. The Morgan fingerprint density at radius 3 is 2.72 bits per heavy atom. The Labute approximate surface area is 108 Å². The van der Waals surface area contributed by atoms with E-state index in [2.05, 4.69) is 22.4 Å². The van der Waals surface area contributed by atoms with Crippen LogP contribution in [0.4, 0.5) is 5.69 Å². The largest absolute Gasteiger partial charge is 0.370 e. The second kappa shape index (κ2) is 4.62. The van der Waals surface area contributed by atoms with Crippen LogP contribution in [0.1, 0.15) is 24.8 Å². The van der Waals surface area contributed by atoms with Crippen molar-refractivity contribution in [3.63, 3.8) is 0 Å². The van der Waals surface area contributed by atoms with Gasteiger partial charge in [0.05, 0.1) is 11.3 Å². The summed E-state index contributed by atoms with van der Waals surface area (Å²) in [5.74, 6) is 0. The van der Waals surface area contributed by atoms with Crippen LogP contribution in [0.5, 0.6) is 0 Å². The van der Waals surface area contributed by atoms with Gasteiger partial charge in [0.2, 0.25) is 0 Å². The zero-order valence-corrected chi connectivity index (χ0v) is 10.7. The zero-order chi connectivity index (χ0) is 12.4. The van der Waals surface area contributed by atoms with Gasteiger partial charge in [-0.05, 0) is 49.9 Å². The third-order valence-electron chi connectivity index (χ3n) is 4.47. The van der Waals surface area contributed by atoms with Crippen LogP contribution in [0.3, 0.4) is 0 Å². The van der Waals surface area contributed by atoms with Crippen molar-refractivity contribution in [2.24, 2.45) is 5.41 Å². The Morgan fingerprint density at radius 1 is 1.17 bits per heavy atom. The Bertz CT molecular complexity index is 469. The summed E-state index contributed by atoms with van der Waals surface area (Å²) in [5.41, 5.74) is 2.42. The minimum absolute atomic E-state index is 0.494. The maximum Gasteiger partial charge on any atom is 0.101 e. The van der Waals surface area contributed by atoms with Gasteiger partial charge in [0.1, 0.15) is 6.07 Å². The summed E-state index contributed by atoms with van der Waals surface area (Å²) in [7, 11) is 0. The molecule has 0 unspecified atom stereocenters. The fourth-order valence-electron chi connectivity index (χ4n) is 3.35. The van der Waals surface area contributed by atoms with Crippen LogP contribution in [0.15, 0.2) is 24.3 Å². The lowest BCUT2D eigenvalue weighted by molar-refractivity contribution is 0.232. The first kappa shape index (κ1) is 11.6. The highest BCUT2D eigenvalue weighted by Gasteiger charge is 2.39. The fourth-order valence-corrected chi connectivity index (χ4v) is 3.35. The van der Waals surface area contributed by atoms with Crippen molar-refractivity contribution in [2.75, 3.05) is 31.1 Å². The highest BCUT2D eigenvalue weighted by molar-refractivity contribution is 5.60. The van der Waals surface area contributed by atoms with E-state index in [1.807, 2.05) is 18.2 Å². The van der Waals surface area contributed by atoms with Gasteiger partial charge < -0.3 is 10.2 Å². The van der Waals surface area contributed by atoms with E-state index < -0.39 is 0 Å². The molecule has 1 aromatic rings. The first-order valence-corrected chi connectivity index (χ1v) is 6.78. The molecule has 3 rings (SSSR count). The molecule has 0 saturated carbocycles. The lowest BCUT2D eigenvalue weighted by Crippen LogP contribution is -2.38. The molecule has 0 amide bonds. The van der Waals surface area contributed by atoms with E-state index in [0.29, 0.717) is 5.41 Å². The number of nitrogens with zero attached hydrogens (tertiary/aromatic N) is 2. The van der Waals surface area contributed by atoms with Gasteiger partial charge >= 0.3 is 0 Å². The minimum Gasteiger partial charge on any atom is -0.370 e. The van der Waals surface area contributed by atoms with E-state index in [0.717, 1.165) is 37.4 Å². The number of para-hydroxylation sites is 1. The average molecular weight is 241 g/mol. The van der Waals surface area contributed by atoms with Crippen molar-refractivity contribution in [3.05, 3.63) is 29.8 Å². The van der Waals surface area contributed by atoms with E-state index in [4.69, 9.17) is 0 Å². The zero-order valence-electron chi connectivity index (χ0n) is 10.7. The number of benzene rings is 1. The highest BCUT2D eigenvalue weighted by Crippen LogP contribution is 2.40. The summed E-state index contributed by atoms with van der Waals surface area (Å²) in [5, 5.41) is 12.6. The lowest BCUT2D eigenvalue weighted by atomic mass is 9.78. The minimum atomic E-state index is 0.494. The molecule has 2 aliphatic heterocycles. The van der Waals surface area contributed by atoms with Crippen molar-refractivity contribution < 1.29 is 0 Å². The fraction of sp³-hybridized carbons (Fsp3) is 0.533. The van der Waals surface area contributed by atoms with Crippen LogP contribution in [0.25, 0.3) is 0 Å². The summed E-state index contributed by atoms with van der Waals surface area (Å²) in [6.07, 6.45) is 3.82. The molecule has 0 radical (unpaired) electrons. The van der Waals surface area contributed by atoms with Gasteiger partial charge in [-0.3, -0.25) is 0 Å². The quantitative estimate of drug-likeness (QED) is 0.818. The van der Waals surface area contributed by atoms with Crippen molar-refractivity contribution in [1.29, 1.82) is 5.26 Å². The standard InChI is InChI=1S/C15H19N3/c16-11-13-3-1-2-4-14(13)18-10-7-15(12-18)5-8-17-9-6-15/h1-4,17H,5-10,12H2. The molecular formula is C15H19N3. The van der Waals surface area contributed by atoms with Gasteiger partial charge in [-0.1, -0.05) is 12.1 Å². The van der Waals surface area contributed by atoms with E-state index in [9.17, 15) is 5.26 Å². The van der Waals surface area contributed by atoms with Gasteiger partial charge in [-0.2, -0.15) is 5.26 Å². The van der Waals surface area contributed by atoms with Crippen LogP contribution in [0, 0.1) is 16.7 Å². The van der Waals surface area contributed by atoms with Crippen molar-refractivity contribution in [3.8, 4) is 6.07 Å². The summed E-state index contributed by atoms with van der Waals surface area (Å²) < 4.78 is 0. The van der Waals surface area contributed by atoms with Gasteiger partial charge in [-0.25, -0.2) is 0 Å². The van der Waals surface area contributed by atoms with Gasteiger partial charge in [0.15, 0.2) is 0 Å². The molecule has 3 heteroatoms. The van der Waals surface area contributed by atoms with Crippen LogP contribution in [-0.2, 0) is 0 Å². The second-order valence-corrected chi connectivity index (χ2v) is 5.55. The van der Waals surface area contributed by atoms with Crippen molar-refractivity contribution in [1.82, 2.24) is 5.32 Å².